The summed E-state index contributed by atoms with van der Waals surface area (Å²) in [6, 6.07) is 1.54. The molecule has 10 nitrogen and oxygen atoms in total. The van der Waals surface area contributed by atoms with E-state index in [1.54, 1.807) is 0 Å². The predicted octanol–water partition coefficient (Wildman–Crippen LogP) is 1.18. The van der Waals surface area contributed by atoms with Crippen LogP contribution in [0.15, 0.2) is 20.1 Å². The van der Waals surface area contributed by atoms with Crippen molar-refractivity contribution in [2.24, 2.45) is 5.92 Å². The number of rotatable bonds is 4. The summed E-state index contributed by atoms with van der Waals surface area (Å²) in [6.45, 7) is 1.47. The zero-order chi connectivity index (χ0) is 19.0. The maximum absolute atomic E-state index is 11.7. The van der Waals surface area contributed by atoms with E-state index in [0.29, 0.717) is 38.0 Å². The smallest absolute Gasteiger partial charge is 0.314 e. The molecule has 1 saturated heterocycles. The number of aromatic nitrogens is 2. The Balaban J connectivity index is 2.02. The number of H-pyrrole nitrogens is 2. The van der Waals surface area contributed by atoms with Gasteiger partial charge in [-0.3, -0.25) is 29.4 Å². The van der Waals surface area contributed by atoms with Gasteiger partial charge in [0.2, 0.25) is 0 Å². The van der Waals surface area contributed by atoms with E-state index in [2.05, 4.69) is 25.9 Å². The fraction of sp³-hybridized carbons (Fsp3) is 0.400. The lowest BCUT2D eigenvalue weighted by Gasteiger charge is -2.30. The number of nitro benzene ring substituents is 1. The van der Waals surface area contributed by atoms with Gasteiger partial charge in [0.25, 0.3) is 0 Å². The van der Waals surface area contributed by atoms with Crippen LogP contribution in [0.5, 0.6) is 0 Å². The van der Waals surface area contributed by atoms with Crippen molar-refractivity contribution in [2.45, 2.75) is 19.4 Å². The number of halogens is 1. The van der Waals surface area contributed by atoms with Crippen LogP contribution >= 0.6 is 15.9 Å². The minimum atomic E-state index is -0.966. The van der Waals surface area contributed by atoms with Gasteiger partial charge in [0.15, 0.2) is 0 Å². The first-order chi connectivity index (χ1) is 12.3. The molecule has 1 aliphatic rings. The zero-order valence-electron chi connectivity index (χ0n) is 13.5. The second-order valence-electron chi connectivity index (χ2n) is 6.17. The highest BCUT2D eigenvalue weighted by atomic mass is 79.9. The number of aromatic amines is 2. The standard InChI is InChI=1S/C15H15BrN4O6/c16-9-5-8(6-19-3-1-7(2-4-19)15(23)24)10-11(12(9)20(25)26)18-14(22)13(21)17-10/h5,7H,1-4,6H2,(H,17,21)(H,18,22)(H,23,24). The van der Waals surface area contributed by atoms with Gasteiger partial charge in [-0.05, 0) is 53.5 Å². The molecule has 2 aromatic rings. The summed E-state index contributed by atoms with van der Waals surface area (Å²) in [5, 5.41) is 20.4. The van der Waals surface area contributed by atoms with Crippen LogP contribution in [-0.2, 0) is 11.3 Å². The summed E-state index contributed by atoms with van der Waals surface area (Å²) in [6.07, 6.45) is 1.02. The number of carboxylic acids is 1. The normalized spacial score (nSPS) is 16.0. The largest absolute Gasteiger partial charge is 0.481 e. The van der Waals surface area contributed by atoms with E-state index in [1.807, 2.05) is 4.90 Å². The lowest BCUT2D eigenvalue weighted by molar-refractivity contribution is -0.384. The first-order valence-electron chi connectivity index (χ1n) is 7.85. The number of aliphatic carboxylic acids is 1. The average molecular weight is 427 g/mol. The number of carboxylic acid groups (broad SMARTS) is 1. The summed E-state index contributed by atoms with van der Waals surface area (Å²) in [4.78, 5) is 51.8. The number of nitro groups is 1. The molecule has 2 heterocycles. The van der Waals surface area contributed by atoms with E-state index in [1.165, 1.54) is 6.07 Å². The molecule has 0 radical (unpaired) electrons. The van der Waals surface area contributed by atoms with Crippen molar-refractivity contribution in [2.75, 3.05) is 13.1 Å². The number of hydrogen-bond donors (Lipinski definition) is 3. The van der Waals surface area contributed by atoms with Crippen molar-refractivity contribution in [3.05, 3.63) is 46.9 Å². The summed E-state index contributed by atoms with van der Waals surface area (Å²) >= 11 is 3.15. The summed E-state index contributed by atoms with van der Waals surface area (Å²) in [5.74, 6) is -1.18. The van der Waals surface area contributed by atoms with E-state index in [0.717, 1.165) is 0 Å². The van der Waals surface area contributed by atoms with Crippen molar-refractivity contribution in [1.29, 1.82) is 0 Å². The van der Waals surface area contributed by atoms with E-state index in [4.69, 9.17) is 5.11 Å². The van der Waals surface area contributed by atoms with E-state index in [-0.39, 0.29) is 27.1 Å². The highest BCUT2D eigenvalue weighted by Gasteiger charge is 2.27. The van der Waals surface area contributed by atoms with Crippen molar-refractivity contribution in [3.63, 3.8) is 0 Å². The lowest BCUT2D eigenvalue weighted by Crippen LogP contribution is -2.36. The van der Waals surface area contributed by atoms with Crippen molar-refractivity contribution < 1.29 is 14.8 Å². The maximum Gasteiger partial charge on any atom is 0.314 e. The molecule has 0 saturated carbocycles. The van der Waals surface area contributed by atoms with Crippen LogP contribution < -0.4 is 11.1 Å². The second-order valence-corrected chi connectivity index (χ2v) is 7.02. The van der Waals surface area contributed by atoms with Gasteiger partial charge in [0.05, 0.1) is 20.8 Å². The third-order valence-corrected chi connectivity index (χ3v) is 5.14. The van der Waals surface area contributed by atoms with Crippen molar-refractivity contribution in [1.82, 2.24) is 14.9 Å². The van der Waals surface area contributed by atoms with Crippen LogP contribution in [0, 0.1) is 16.0 Å². The Kier molecular flexibility index (Phi) is 4.92. The predicted molar refractivity (Wildman–Crippen MR) is 95.2 cm³/mol. The molecule has 26 heavy (non-hydrogen) atoms. The molecule has 11 heteroatoms. The fourth-order valence-electron chi connectivity index (χ4n) is 3.18. The van der Waals surface area contributed by atoms with Crippen LogP contribution in [-0.4, -0.2) is 44.0 Å². The van der Waals surface area contributed by atoms with Gasteiger partial charge in [-0.1, -0.05) is 0 Å². The zero-order valence-corrected chi connectivity index (χ0v) is 15.0. The molecule has 0 spiro atoms. The third-order valence-electron chi connectivity index (χ3n) is 4.53. The molecule has 0 unspecified atom stereocenters. The average Bonchev–Trinajstić information content (AvgIpc) is 2.57. The van der Waals surface area contributed by atoms with Crippen LogP contribution in [0.3, 0.4) is 0 Å². The molecule has 0 bridgehead atoms. The van der Waals surface area contributed by atoms with Crippen LogP contribution in [0.1, 0.15) is 18.4 Å². The number of hydrogen-bond acceptors (Lipinski definition) is 6. The van der Waals surface area contributed by atoms with Gasteiger partial charge in [-0.2, -0.15) is 0 Å². The first-order valence-corrected chi connectivity index (χ1v) is 8.64. The topological polar surface area (TPSA) is 149 Å². The minimum Gasteiger partial charge on any atom is -0.481 e. The molecule has 0 aliphatic carbocycles. The molecule has 0 atom stereocenters. The maximum atomic E-state index is 11.7. The number of nitrogens with zero attached hydrogens (tertiary/aromatic N) is 2. The minimum absolute atomic E-state index is 0.0515. The van der Waals surface area contributed by atoms with Crippen LogP contribution in [0.2, 0.25) is 0 Å². The molecule has 138 valence electrons. The number of piperidine rings is 1. The van der Waals surface area contributed by atoms with Gasteiger partial charge in [0, 0.05) is 6.54 Å². The molecule has 1 aromatic carbocycles. The molecule has 1 aromatic heterocycles. The van der Waals surface area contributed by atoms with Gasteiger partial charge in [0.1, 0.15) is 5.52 Å². The molecule has 3 N–H and O–H groups in total. The first kappa shape index (κ1) is 18.3. The molecule has 3 rings (SSSR count). The molecule has 1 aliphatic heterocycles. The molecular weight excluding hydrogens is 412 g/mol. The molecular formula is C15H15BrN4O6. The van der Waals surface area contributed by atoms with Gasteiger partial charge in [-0.15, -0.1) is 0 Å². The fourth-order valence-corrected chi connectivity index (χ4v) is 3.80. The lowest BCUT2D eigenvalue weighted by atomic mass is 9.96. The Bertz CT molecular complexity index is 1010. The number of carbonyl (C=O) groups is 1. The summed E-state index contributed by atoms with van der Waals surface area (Å²) in [7, 11) is 0. The summed E-state index contributed by atoms with van der Waals surface area (Å²) < 4.78 is 0.188. The Hall–Kier alpha value is -2.53. The monoisotopic (exact) mass is 426 g/mol. The van der Waals surface area contributed by atoms with E-state index >= 15 is 0 Å². The van der Waals surface area contributed by atoms with E-state index in [9.17, 15) is 24.5 Å². The summed E-state index contributed by atoms with van der Waals surface area (Å²) in [5.41, 5.74) is -1.44. The van der Waals surface area contributed by atoms with Crippen molar-refractivity contribution in [3.8, 4) is 0 Å². The van der Waals surface area contributed by atoms with Gasteiger partial charge >= 0.3 is 22.8 Å². The Morgan fingerprint density at radius 2 is 1.85 bits per heavy atom. The Morgan fingerprint density at radius 1 is 1.27 bits per heavy atom. The van der Waals surface area contributed by atoms with Crippen molar-refractivity contribution >= 4 is 38.6 Å². The number of fused-ring (bicyclic) bond motifs is 1. The molecule has 0 amide bonds. The number of nitrogens with one attached hydrogen (secondary N) is 2. The third kappa shape index (κ3) is 3.40. The number of benzene rings is 1. The highest BCUT2D eigenvalue weighted by molar-refractivity contribution is 9.10. The quantitative estimate of drug-likeness (QED) is 0.377. The SMILES string of the molecule is O=C(O)C1CCN(Cc2cc(Br)c([N+](=O)[O-])c3[nH]c(=O)c(=O)[nH]c23)CC1. The van der Waals surface area contributed by atoms with Crippen LogP contribution in [0.25, 0.3) is 11.0 Å². The van der Waals surface area contributed by atoms with Crippen LogP contribution in [0.4, 0.5) is 5.69 Å². The van der Waals surface area contributed by atoms with Gasteiger partial charge < -0.3 is 15.1 Å². The van der Waals surface area contributed by atoms with Gasteiger partial charge in [-0.25, -0.2) is 0 Å². The van der Waals surface area contributed by atoms with E-state index < -0.39 is 22.0 Å². The molecule has 1 fully saturated rings. The highest BCUT2D eigenvalue weighted by Crippen LogP contribution is 2.34. The Morgan fingerprint density at radius 3 is 2.38 bits per heavy atom. The number of likely N-dealkylation sites (tertiary alicyclic amines) is 1. The Labute approximate surface area is 154 Å². The second kappa shape index (κ2) is 7.00.